The van der Waals surface area contributed by atoms with Gasteiger partial charge in [0.25, 0.3) is 0 Å². The van der Waals surface area contributed by atoms with Crippen LogP contribution in [-0.2, 0) is 0 Å². The van der Waals surface area contributed by atoms with Crippen molar-refractivity contribution < 1.29 is 0 Å². The molecule has 4 heteroatoms. The number of hydrogen-bond donors (Lipinski definition) is 2. The van der Waals surface area contributed by atoms with Gasteiger partial charge in [0, 0.05) is 18.3 Å². The van der Waals surface area contributed by atoms with Crippen LogP contribution in [0.15, 0.2) is 18.5 Å². The number of nitrogens with one attached hydrogen (secondary N) is 1. The maximum absolute atomic E-state index is 6.01. The van der Waals surface area contributed by atoms with E-state index in [4.69, 9.17) is 17.3 Å². The van der Waals surface area contributed by atoms with Gasteiger partial charge in [0.05, 0.1) is 16.9 Å². The standard InChI is InChI=1S/C10H14ClN3/c11-9-3-4-13-6-10(9)14-8-2-1-7(12)5-8/h3-4,6-8,14H,1-2,5,12H2. The molecule has 1 heterocycles. The molecule has 1 aliphatic rings. The fourth-order valence-electron chi connectivity index (χ4n) is 1.85. The molecule has 14 heavy (non-hydrogen) atoms. The van der Waals surface area contributed by atoms with Gasteiger partial charge in [-0.05, 0) is 25.3 Å². The summed E-state index contributed by atoms with van der Waals surface area (Å²) in [5, 5.41) is 4.09. The molecule has 3 N–H and O–H groups in total. The van der Waals surface area contributed by atoms with E-state index in [1.54, 1.807) is 18.5 Å². The van der Waals surface area contributed by atoms with Crippen LogP contribution in [0.4, 0.5) is 5.69 Å². The highest BCUT2D eigenvalue weighted by Gasteiger charge is 2.21. The minimum Gasteiger partial charge on any atom is -0.380 e. The SMILES string of the molecule is NC1CCC(Nc2cnccc2Cl)C1. The third-order valence-corrected chi connectivity index (χ3v) is 2.93. The van der Waals surface area contributed by atoms with Crippen LogP contribution in [0, 0.1) is 0 Å². The zero-order valence-electron chi connectivity index (χ0n) is 7.91. The predicted octanol–water partition coefficient (Wildman–Crippen LogP) is 2.03. The Bertz CT molecular complexity index is 316. The van der Waals surface area contributed by atoms with Gasteiger partial charge in [-0.1, -0.05) is 11.6 Å². The number of hydrogen-bond acceptors (Lipinski definition) is 3. The summed E-state index contributed by atoms with van der Waals surface area (Å²) >= 11 is 6.01. The fraction of sp³-hybridized carbons (Fsp3) is 0.500. The number of nitrogens with two attached hydrogens (primary N) is 1. The number of anilines is 1. The molecular weight excluding hydrogens is 198 g/mol. The fourth-order valence-corrected chi connectivity index (χ4v) is 2.01. The Labute approximate surface area is 88.7 Å². The van der Waals surface area contributed by atoms with Crippen molar-refractivity contribution in [2.45, 2.75) is 31.3 Å². The first-order valence-electron chi connectivity index (χ1n) is 4.87. The molecule has 0 amide bonds. The lowest BCUT2D eigenvalue weighted by Crippen LogP contribution is -2.20. The second-order valence-electron chi connectivity index (χ2n) is 3.77. The van der Waals surface area contributed by atoms with E-state index in [2.05, 4.69) is 10.3 Å². The van der Waals surface area contributed by atoms with E-state index in [9.17, 15) is 0 Å². The lowest BCUT2D eigenvalue weighted by molar-refractivity contribution is 0.687. The molecule has 3 nitrogen and oxygen atoms in total. The third kappa shape index (κ3) is 2.16. The van der Waals surface area contributed by atoms with E-state index in [0.29, 0.717) is 12.1 Å². The molecule has 0 aliphatic heterocycles. The summed E-state index contributed by atoms with van der Waals surface area (Å²) < 4.78 is 0. The Morgan fingerprint density at radius 2 is 2.36 bits per heavy atom. The predicted molar refractivity (Wildman–Crippen MR) is 58.5 cm³/mol. The Kier molecular flexibility index (Phi) is 2.89. The van der Waals surface area contributed by atoms with Gasteiger partial charge < -0.3 is 11.1 Å². The highest BCUT2D eigenvalue weighted by molar-refractivity contribution is 6.33. The maximum Gasteiger partial charge on any atom is 0.0718 e. The number of nitrogens with zero attached hydrogens (tertiary/aromatic N) is 1. The second kappa shape index (κ2) is 4.15. The zero-order chi connectivity index (χ0) is 9.97. The minimum atomic E-state index is 0.336. The first-order chi connectivity index (χ1) is 6.75. The second-order valence-corrected chi connectivity index (χ2v) is 4.18. The van der Waals surface area contributed by atoms with Gasteiger partial charge in [-0.3, -0.25) is 4.98 Å². The summed E-state index contributed by atoms with van der Waals surface area (Å²) in [6.07, 6.45) is 6.67. The van der Waals surface area contributed by atoms with E-state index in [1.807, 2.05) is 0 Å². The monoisotopic (exact) mass is 211 g/mol. The highest BCUT2D eigenvalue weighted by atomic mass is 35.5. The molecule has 1 aromatic heterocycles. The molecule has 1 aromatic rings. The number of rotatable bonds is 2. The summed E-state index contributed by atoms with van der Waals surface area (Å²) in [6.45, 7) is 0. The number of pyridine rings is 1. The van der Waals surface area contributed by atoms with E-state index in [-0.39, 0.29) is 0 Å². The minimum absolute atomic E-state index is 0.336. The van der Waals surface area contributed by atoms with E-state index in [1.165, 1.54) is 0 Å². The molecule has 0 radical (unpaired) electrons. The lowest BCUT2D eigenvalue weighted by Gasteiger charge is -2.14. The van der Waals surface area contributed by atoms with Crippen molar-refractivity contribution in [2.75, 3.05) is 5.32 Å². The molecule has 0 bridgehead atoms. The Morgan fingerprint density at radius 3 is 3.00 bits per heavy atom. The maximum atomic E-state index is 6.01. The summed E-state index contributed by atoms with van der Waals surface area (Å²) in [4.78, 5) is 4.03. The average Bonchev–Trinajstić information content (AvgIpc) is 2.56. The van der Waals surface area contributed by atoms with Crippen LogP contribution in [-0.4, -0.2) is 17.1 Å². The molecule has 1 fully saturated rings. The smallest absolute Gasteiger partial charge is 0.0718 e. The first kappa shape index (κ1) is 9.74. The Morgan fingerprint density at radius 1 is 1.50 bits per heavy atom. The van der Waals surface area contributed by atoms with Crippen LogP contribution in [0.25, 0.3) is 0 Å². The van der Waals surface area contributed by atoms with Crippen molar-refractivity contribution in [2.24, 2.45) is 5.73 Å². The molecule has 76 valence electrons. The van der Waals surface area contributed by atoms with Crippen LogP contribution in [0.5, 0.6) is 0 Å². The summed E-state index contributed by atoms with van der Waals surface area (Å²) in [5.41, 5.74) is 6.74. The van der Waals surface area contributed by atoms with Crippen molar-refractivity contribution >= 4 is 17.3 Å². The molecule has 0 aromatic carbocycles. The molecule has 2 rings (SSSR count). The van der Waals surface area contributed by atoms with Gasteiger partial charge in [-0.15, -0.1) is 0 Å². The Balaban J connectivity index is 2.01. The topological polar surface area (TPSA) is 50.9 Å². The van der Waals surface area contributed by atoms with Gasteiger partial charge in [-0.2, -0.15) is 0 Å². The van der Waals surface area contributed by atoms with Gasteiger partial charge in [0.15, 0.2) is 0 Å². The van der Waals surface area contributed by atoms with E-state index < -0.39 is 0 Å². The normalized spacial score (nSPS) is 26.4. The molecular formula is C10H14ClN3. The van der Waals surface area contributed by atoms with Crippen molar-refractivity contribution in [3.8, 4) is 0 Å². The largest absolute Gasteiger partial charge is 0.380 e. The van der Waals surface area contributed by atoms with Crippen LogP contribution in [0.2, 0.25) is 5.02 Å². The quantitative estimate of drug-likeness (QED) is 0.787. The molecule has 0 spiro atoms. The molecule has 0 saturated heterocycles. The Hall–Kier alpha value is -0.800. The number of halogens is 1. The third-order valence-electron chi connectivity index (χ3n) is 2.60. The first-order valence-corrected chi connectivity index (χ1v) is 5.25. The zero-order valence-corrected chi connectivity index (χ0v) is 8.67. The summed E-state index contributed by atoms with van der Waals surface area (Å²) in [5.74, 6) is 0. The van der Waals surface area contributed by atoms with Crippen molar-refractivity contribution in [3.63, 3.8) is 0 Å². The molecule has 1 aliphatic carbocycles. The number of aromatic nitrogens is 1. The summed E-state index contributed by atoms with van der Waals surface area (Å²) in [7, 11) is 0. The summed E-state index contributed by atoms with van der Waals surface area (Å²) in [6, 6.07) is 2.58. The highest BCUT2D eigenvalue weighted by Crippen LogP contribution is 2.25. The molecule has 2 atom stereocenters. The van der Waals surface area contributed by atoms with Crippen LogP contribution in [0.1, 0.15) is 19.3 Å². The van der Waals surface area contributed by atoms with Crippen molar-refractivity contribution in [3.05, 3.63) is 23.5 Å². The van der Waals surface area contributed by atoms with E-state index >= 15 is 0 Å². The van der Waals surface area contributed by atoms with E-state index in [0.717, 1.165) is 30.0 Å². The van der Waals surface area contributed by atoms with Crippen molar-refractivity contribution in [1.29, 1.82) is 0 Å². The lowest BCUT2D eigenvalue weighted by atomic mass is 10.2. The van der Waals surface area contributed by atoms with Crippen LogP contribution >= 0.6 is 11.6 Å². The average molecular weight is 212 g/mol. The van der Waals surface area contributed by atoms with Crippen LogP contribution in [0.3, 0.4) is 0 Å². The van der Waals surface area contributed by atoms with Crippen LogP contribution < -0.4 is 11.1 Å². The van der Waals surface area contributed by atoms with Gasteiger partial charge in [0.2, 0.25) is 0 Å². The molecule has 2 unspecified atom stereocenters. The molecule has 1 saturated carbocycles. The van der Waals surface area contributed by atoms with Gasteiger partial charge in [-0.25, -0.2) is 0 Å². The van der Waals surface area contributed by atoms with Gasteiger partial charge >= 0.3 is 0 Å². The van der Waals surface area contributed by atoms with Gasteiger partial charge in [0.1, 0.15) is 0 Å². The van der Waals surface area contributed by atoms with Crippen molar-refractivity contribution in [1.82, 2.24) is 4.98 Å².